The van der Waals surface area contributed by atoms with Crippen LogP contribution in [0.5, 0.6) is 0 Å². The lowest BCUT2D eigenvalue weighted by Gasteiger charge is -1.93. The maximum atomic E-state index is 10.4. The van der Waals surface area contributed by atoms with E-state index in [9.17, 15) is 10.1 Å². The van der Waals surface area contributed by atoms with Crippen molar-refractivity contribution >= 4 is 28.3 Å². The van der Waals surface area contributed by atoms with Gasteiger partial charge in [0.15, 0.2) is 6.33 Å². The predicted molar refractivity (Wildman–Crippen MR) is 46.6 cm³/mol. The fourth-order valence-corrected chi connectivity index (χ4v) is 1.30. The van der Waals surface area contributed by atoms with Crippen LogP contribution in [0.4, 0.5) is 5.69 Å². The number of hydrogen-bond donors (Lipinski definition) is 1. The number of halogens is 1. The fourth-order valence-electron chi connectivity index (χ4n) is 1.04. The van der Waals surface area contributed by atoms with Crippen molar-refractivity contribution in [1.29, 1.82) is 0 Å². The zero-order valence-corrected chi connectivity index (χ0v) is 7.00. The molecular formula is C7H3ClN3O2. The predicted octanol–water partition coefficient (Wildman–Crippen LogP) is 1.92. The molecule has 0 spiro atoms. The highest BCUT2D eigenvalue weighted by Gasteiger charge is 2.11. The number of nitrogens with zero attached hydrogens (tertiary/aromatic N) is 2. The quantitative estimate of drug-likeness (QED) is 0.560. The molecule has 0 bridgehead atoms. The van der Waals surface area contributed by atoms with Crippen molar-refractivity contribution in [3.63, 3.8) is 0 Å². The molecule has 2 aromatic rings. The van der Waals surface area contributed by atoms with Gasteiger partial charge in [-0.05, 0) is 0 Å². The number of hydrogen-bond acceptors (Lipinski definition) is 3. The standard InChI is InChI=1S/C7H3ClN3O2/c8-5-1-4(11(12)13)2-6-7(5)10-3-9-6/h1-2H,(H,9,10). The van der Waals surface area contributed by atoms with Crippen LogP contribution in [-0.2, 0) is 0 Å². The number of nitro groups is 1. The molecule has 1 aromatic heterocycles. The number of aromatic nitrogens is 2. The van der Waals surface area contributed by atoms with Crippen molar-refractivity contribution in [3.8, 4) is 0 Å². The van der Waals surface area contributed by atoms with Crippen LogP contribution in [0, 0.1) is 16.4 Å². The van der Waals surface area contributed by atoms with Crippen molar-refractivity contribution < 1.29 is 4.92 Å². The number of imidazole rings is 1. The summed E-state index contributed by atoms with van der Waals surface area (Å²) in [5.74, 6) is 0. The van der Waals surface area contributed by atoms with E-state index in [2.05, 4.69) is 16.3 Å². The van der Waals surface area contributed by atoms with Crippen LogP contribution < -0.4 is 0 Å². The molecule has 1 aromatic carbocycles. The summed E-state index contributed by atoms with van der Waals surface area (Å²) >= 11 is 5.75. The number of nitrogens with one attached hydrogen (secondary N) is 1. The number of benzene rings is 1. The smallest absolute Gasteiger partial charge is 0.273 e. The Bertz CT molecular complexity index is 480. The molecule has 0 atom stereocenters. The molecule has 6 heteroatoms. The Balaban J connectivity index is 2.77. The van der Waals surface area contributed by atoms with Gasteiger partial charge in [-0.2, -0.15) is 0 Å². The molecule has 0 unspecified atom stereocenters. The molecular weight excluding hydrogens is 194 g/mol. The molecule has 1 N–H and O–H groups in total. The third kappa shape index (κ3) is 1.23. The van der Waals surface area contributed by atoms with Gasteiger partial charge in [-0.15, -0.1) is 0 Å². The minimum absolute atomic E-state index is 0.0713. The van der Waals surface area contributed by atoms with E-state index < -0.39 is 4.92 Å². The first-order valence-electron chi connectivity index (χ1n) is 3.38. The van der Waals surface area contributed by atoms with E-state index in [0.717, 1.165) is 0 Å². The van der Waals surface area contributed by atoms with Gasteiger partial charge in [0.1, 0.15) is 0 Å². The molecule has 0 fully saturated rings. The maximum Gasteiger partial charge on any atom is 0.273 e. The highest BCUT2D eigenvalue weighted by molar-refractivity contribution is 6.35. The average Bonchev–Trinajstić information content (AvgIpc) is 2.51. The van der Waals surface area contributed by atoms with Crippen LogP contribution >= 0.6 is 11.6 Å². The number of rotatable bonds is 1. The number of aromatic amines is 1. The van der Waals surface area contributed by atoms with Crippen LogP contribution in [0.25, 0.3) is 11.0 Å². The Morgan fingerprint density at radius 3 is 3.08 bits per heavy atom. The van der Waals surface area contributed by atoms with Crippen LogP contribution in [0.1, 0.15) is 0 Å². The third-order valence-corrected chi connectivity index (χ3v) is 1.92. The molecule has 0 aliphatic rings. The van der Waals surface area contributed by atoms with Crippen molar-refractivity contribution in [2.24, 2.45) is 0 Å². The molecule has 0 aliphatic carbocycles. The Morgan fingerprint density at radius 2 is 2.38 bits per heavy atom. The van der Waals surface area contributed by atoms with Crippen LogP contribution in [0.2, 0.25) is 5.02 Å². The summed E-state index contributed by atoms with van der Waals surface area (Å²) in [5, 5.41) is 10.7. The van der Waals surface area contributed by atoms with Gasteiger partial charge in [-0.3, -0.25) is 10.1 Å². The first-order valence-corrected chi connectivity index (χ1v) is 3.76. The molecule has 0 saturated carbocycles. The van der Waals surface area contributed by atoms with Gasteiger partial charge >= 0.3 is 0 Å². The Morgan fingerprint density at radius 1 is 1.62 bits per heavy atom. The third-order valence-electron chi connectivity index (χ3n) is 1.62. The average molecular weight is 197 g/mol. The van der Waals surface area contributed by atoms with Crippen LogP contribution in [0.3, 0.4) is 0 Å². The van der Waals surface area contributed by atoms with Gasteiger partial charge in [-0.25, -0.2) is 4.98 Å². The van der Waals surface area contributed by atoms with E-state index in [1.165, 1.54) is 12.1 Å². The minimum atomic E-state index is -0.514. The fraction of sp³-hybridized carbons (Fsp3) is 0. The molecule has 1 heterocycles. The number of nitro benzene ring substituents is 1. The number of fused-ring (bicyclic) bond motifs is 1. The number of non-ortho nitro benzene ring substituents is 1. The first-order chi connectivity index (χ1) is 6.18. The van der Waals surface area contributed by atoms with Gasteiger partial charge in [0.05, 0.1) is 21.0 Å². The molecule has 2 rings (SSSR count). The van der Waals surface area contributed by atoms with E-state index in [0.29, 0.717) is 11.0 Å². The molecule has 5 nitrogen and oxygen atoms in total. The second kappa shape index (κ2) is 2.70. The van der Waals surface area contributed by atoms with Gasteiger partial charge in [0.2, 0.25) is 0 Å². The van der Waals surface area contributed by atoms with Crippen LogP contribution in [0.15, 0.2) is 12.1 Å². The minimum Gasteiger partial charge on any atom is -0.334 e. The molecule has 1 radical (unpaired) electrons. The Labute approximate surface area is 77.5 Å². The largest absolute Gasteiger partial charge is 0.334 e. The van der Waals surface area contributed by atoms with Crippen molar-refractivity contribution in [2.45, 2.75) is 0 Å². The van der Waals surface area contributed by atoms with Crippen molar-refractivity contribution in [3.05, 3.63) is 33.6 Å². The normalized spacial score (nSPS) is 10.5. The highest BCUT2D eigenvalue weighted by Crippen LogP contribution is 2.25. The van der Waals surface area contributed by atoms with Crippen LogP contribution in [-0.4, -0.2) is 14.9 Å². The summed E-state index contributed by atoms with van der Waals surface area (Å²) in [7, 11) is 0. The molecule has 13 heavy (non-hydrogen) atoms. The van der Waals surface area contributed by atoms with Gasteiger partial charge < -0.3 is 4.98 Å². The lowest BCUT2D eigenvalue weighted by atomic mass is 10.3. The van der Waals surface area contributed by atoms with E-state index in [1.54, 1.807) is 0 Å². The monoisotopic (exact) mass is 196 g/mol. The summed E-state index contributed by atoms with van der Waals surface area (Å²) in [6, 6.07) is 2.62. The molecule has 0 saturated heterocycles. The second-order valence-corrected chi connectivity index (χ2v) is 2.83. The van der Waals surface area contributed by atoms with E-state index in [4.69, 9.17) is 11.6 Å². The first kappa shape index (κ1) is 8.00. The molecule has 65 valence electrons. The number of H-pyrrole nitrogens is 1. The van der Waals surface area contributed by atoms with Gasteiger partial charge in [0.25, 0.3) is 5.69 Å². The SMILES string of the molecule is O=[N+]([O-])c1cc(Cl)c2[nH][c]nc2c1. The second-order valence-electron chi connectivity index (χ2n) is 2.43. The highest BCUT2D eigenvalue weighted by atomic mass is 35.5. The van der Waals surface area contributed by atoms with Crippen molar-refractivity contribution in [2.75, 3.05) is 0 Å². The summed E-state index contributed by atoms with van der Waals surface area (Å²) in [6.45, 7) is 0. The summed E-state index contributed by atoms with van der Waals surface area (Å²) in [4.78, 5) is 16.3. The lowest BCUT2D eigenvalue weighted by molar-refractivity contribution is -0.384. The summed E-state index contributed by atoms with van der Waals surface area (Å²) in [6.07, 6.45) is 2.46. The van der Waals surface area contributed by atoms with E-state index >= 15 is 0 Å². The van der Waals surface area contributed by atoms with Crippen molar-refractivity contribution in [1.82, 2.24) is 9.97 Å². The van der Waals surface area contributed by atoms with E-state index in [1.807, 2.05) is 0 Å². The van der Waals surface area contributed by atoms with E-state index in [-0.39, 0.29) is 10.7 Å². The topological polar surface area (TPSA) is 71.8 Å². The van der Waals surface area contributed by atoms with Gasteiger partial charge in [0, 0.05) is 12.1 Å². The lowest BCUT2D eigenvalue weighted by Crippen LogP contribution is -1.87. The zero-order chi connectivity index (χ0) is 9.42. The molecule has 0 amide bonds. The Hall–Kier alpha value is -1.62. The zero-order valence-electron chi connectivity index (χ0n) is 6.24. The summed E-state index contributed by atoms with van der Waals surface area (Å²) < 4.78 is 0. The Kier molecular flexibility index (Phi) is 1.66. The summed E-state index contributed by atoms with van der Waals surface area (Å²) in [5.41, 5.74) is 0.935. The maximum absolute atomic E-state index is 10.4. The van der Waals surface area contributed by atoms with Gasteiger partial charge in [-0.1, -0.05) is 11.6 Å². The molecule has 0 aliphatic heterocycles.